The summed E-state index contributed by atoms with van der Waals surface area (Å²) in [5.41, 5.74) is 0. The second-order valence-corrected chi connectivity index (χ2v) is 1.01. The minimum Gasteiger partial charge on any atom is -0.547 e. The molecule has 0 aliphatic rings. The van der Waals surface area contributed by atoms with Gasteiger partial charge in [0.25, 0.3) is 0 Å². The van der Waals surface area contributed by atoms with E-state index in [1.807, 2.05) is 0 Å². The van der Waals surface area contributed by atoms with Crippen molar-refractivity contribution in [1.29, 1.82) is 0 Å². The number of carbonyl (C=O) groups excluding carboxylic acids is 2. The van der Waals surface area contributed by atoms with Crippen LogP contribution in [0.3, 0.4) is 0 Å². The number of carboxylic acid groups (broad SMARTS) is 2. The average molecular weight is 232 g/mol. The second-order valence-electron chi connectivity index (χ2n) is 1.01. The minimum atomic E-state index is -1.66. The molecule has 0 saturated heterocycles. The summed E-state index contributed by atoms with van der Waals surface area (Å²) in [6.07, 6.45) is 0. The average Bonchev–Trinajstić information content (AvgIpc) is 1.89. The summed E-state index contributed by atoms with van der Waals surface area (Å²) in [5.74, 6) is -3.32. The van der Waals surface area contributed by atoms with Gasteiger partial charge in [0.15, 0.2) is 0 Å². The summed E-state index contributed by atoms with van der Waals surface area (Å²) in [6.45, 7) is -2.78. The molecule has 0 N–H and O–H groups in total. The molecule has 60 valence electrons. The molecule has 0 aromatic carbocycles. The van der Waals surface area contributed by atoms with Gasteiger partial charge in [-0.05, 0) is 0 Å². The summed E-state index contributed by atoms with van der Waals surface area (Å²) in [4.78, 5) is 17.8. The first kappa shape index (κ1) is 23.7. The first-order valence-electron chi connectivity index (χ1n) is 2.06. The molecule has 4 nitrogen and oxygen atoms in total. The van der Waals surface area contributed by atoms with Crippen LogP contribution < -0.4 is 113 Å². The van der Waals surface area contributed by atoms with Crippen LogP contribution in [0.4, 0.5) is 8.78 Å². The van der Waals surface area contributed by atoms with Crippen molar-refractivity contribution >= 4 is 11.9 Å². The molecule has 12 heavy (non-hydrogen) atoms. The van der Waals surface area contributed by atoms with Gasteiger partial charge in [0.2, 0.25) is 0 Å². The topological polar surface area (TPSA) is 80.3 Å². The summed E-state index contributed by atoms with van der Waals surface area (Å²) in [5, 5.41) is 17.8. The van der Waals surface area contributed by atoms with Gasteiger partial charge in [-0.1, -0.05) is 0 Å². The number of hydrogen-bond donors (Lipinski definition) is 0. The first-order valence-corrected chi connectivity index (χ1v) is 2.06. The Kier molecular flexibility index (Phi) is 37.1. The normalized spacial score (nSPS) is 6.17. The molecule has 0 spiro atoms. The fourth-order valence-electron chi connectivity index (χ4n) is 0. The third-order valence-electron chi connectivity index (χ3n) is 0.218. The molecule has 8 heteroatoms. The van der Waals surface area contributed by atoms with Crippen molar-refractivity contribution in [3.8, 4) is 0 Å². The molecule has 0 aliphatic heterocycles. The van der Waals surface area contributed by atoms with E-state index in [2.05, 4.69) is 0 Å². The molecule has 0 radical (unpaired) electrons. The zero-order valence-electron chi connectivity index (χ0n) is 6.80. The molecule has 0 saturated carbocycles. The van der Waals surface area contributed by atoms with Crippen LogP contribution in [0.15, 0.2) is 0 Å². The van der Waals surface area contributed by atoms with Gasteiger partial charge in [-0.25, -0.2) is 8.78 Å². The third kappa shape index (κ3) is 40.1. The van der Waals surface area contributed by atoms with Gasteiger partial charge in [-0.2, -0.15) is 0 Å². The SMILES string of the molecule is O=C([O-])CF.O=C([O-])CF.[K+].[K+]. The summed E-state index contributed by atoms with van der Waals surface area (Å²) in [7, 11) is 0. The van der Waals surface area contributed by atoms with Crippen molar-refractivity contribution in [1.82, 2.24) is 0 Å². The maximum atomic E-state index is 10.5. The maximum absolute atomic E-state index is 10.5. The van der Waals surface area contributed by atoms with Crippen LogP contribution in [-0.2, 0) is 9.59 Å². The minimum absolute atomic E-state index is 0. The zero-order chi connectivity index (χ0) is 8.57. The van der Waals surface area contributed by atoms with E-state index in [1.54, 1.807) is 0 Å². The Morgan fingerprint density at radius 2 is 1.00 bits per heavy atom. The van der Waals surface area contributed by atoms with Gasteiger partial charge in [-0.15, -0.1) is 0 Å². The number of rotatable bonds is 2. The van der Waals surface area contributed by atoms with Crippen LogP contribution in [0.25, 0.3) is 0 Å². The number of carbonyl (C=O) groups is 2. The Labute approximate surface area is 153 Å². The fraction of sp³-hybridized carbons (Fsp3) is 0.500. The molecule has 0 unspecified atom stereocenters. The molecular weight excluding hydrogens is 228 g/mol. The smallest absolute Gasteiger partial charge is 0.547 e. The van der Waals surface area contributed by atoms with Crippen molar-refractivity contribution < 1.29 is 131 Å². The van der Waals surface area contributed by atoms with Crippen LogP contribution in [-0.4, -0.2) is 25.3 Å². The van der Waals surface area contributed by atoms with Crippen LogP contribution in [0.2, 0.25) is 0 Å². The first-order chi connectivity index (χ1) is 4.54. The summed E-state index contributed by atoms with van der Waals surface area (Å²) >= 11 is 0. The van der Waals surface area contributed by atoms with Crippen LogP contribution in [0.1, 0.15) is 0 Å². The summed E-state index contributed by atoms with van der Waals surface area (Å²) in [6, 6.07) is 0. The molecular formula is C4H4F2K2O4. The molecule has 0 aromatic rings. The van der Waals surface area contributed by atoms with Crippen LogP contribution in [0, 0.1) is 0 Å². The second kappa shape index (κ2) is 18.8. The van der Waals surface area contributed by atoms with Crippen molar-refractivity contribution in [2.24, 2.45) is 0 Å². The molecule has 0 atom stereocenters. The van der Waals surface area contributed by atoms with Crippen molar-refractivity contribution in [3.63, 3.8) is 0 Å². The van der Waals surface area contributed by atoms with E-state index in [0.29, 0.717) is 0 Å². The quantitative estimate of drug-likeness (QED) is 0.443. The van der Waals surface area contributed by atoms with E-state index >= 15 is 0 Å². The predicted molar refractivity (Wildman–Crippen MR) is 22.0 cm³/mol. The Balaban J connectivity index is -0.0000000457. The standard InChI is InChI=1S/2C2H3FO2.2K/c2*3-1-2(4)5;;/h2*1H2,(H,4,5);;/q;;2*+1/p-2. The number of alkyl halides is 2. The van der Waals surface area contributed by atoms with Gasteiger partial charge in [0.1, 0.15) is 13.3 Å². The van der Waals surface area contributed by atoms with Crippen molar-refractivity contribution in [2.75, 3.05) is 13.3 Å². The summed E-state index contributed by atoms with van der Waals surface area (Å²) < 4.78 is 20.9. The fourth-order valence-corrected chi connectivity index (χ4v) is 0. The van der Waals surface area contributed by atoms with E-state index in [-0.39, 0.29) is 103 Å². The molecule has 0 bridgehead atoms. The number of carboxylic acids is 2. The van der Waals surface area contributed by atoms with Crippen LogP contribution >= 0.6 is 0 Å². The molecule has 0 amide bonds. The predicted octanol–water partition coefficient (Wildman–Crippen LogP) is -8.58. The Bertz CT molecular complexity index is 108. The Morgan fingerprint density at radius 1 is 0.917 bits per heavy atom. The van der Waals surface area contributed by atoms with Gasteiger partial charge in [0, 0.05) is 0 Å². The third-order valence-corrected chi connectivity index (χ3v) is 0.218. The van der Waals surface area contributed by atoms with Gasteiger partial charge in [0.05, 0.1) is 11.9 Å². The van der Waals surface area contributed by atoms with Gasteiger partial charge < -0.3 is 19.8 Å². The number of halogens is 2. The van der Waals surface area contributed by atoms with Crippen molar-refractivity contribution in [2.45, 2.75) is 0 Å². The molecule has 0 fully saturated rings. The largest absolute Gasteiger partial charge is 1.00 e. The van der Waals surface area contributed by atoms with Gasteiger partial charge >= 0.3 is 103 Å². The van der Waals surface area contributed by atoms with Crippen molar-refractivity contribution in [3.05, 3.63) is 0 Å². The van der Waals surface area contributed by atoms with Crippen LogP contribution in [0.5, 0.6) is 0 Å². The molecule has 0 heterocycles. The Hall–Kier alpha value is 2.07. The monoisotopic (exact) mass is 232 g/mol. The maximum Gasteiger partial charge on any atom is 1.00 e. The molecule has 0 aromatic heterocycles. The molecule has 0 aliphatic carbocycles. The Morgan fingerprint density at radius 3 is 1.00 bits per heavy atom. The van der Waals surface area contributed by atoms with E-state index in [9.17, 15) is 8.78 Å². The zero-order valence-corrected chi connectivity index (χ0v) is 13.0. The van der Waals surface area contributed by atoms with E-state index < -0.39 is 25.3 Å². The van der Waals surface area contributed by atoms with Gasteiger partial charge in [-0.3, -0.25) is 0 Å². The number of aliphatic carboxylic acids is 2. The van der Waals surface area contributed by atoms with E-state index in [0.717, 1.165) is 0 Å². The molecule has 0 rings (SSSR count). The number of hydrogen-bond acceptors (Lipinski definition) is 4. The van der Waals surface area contributed by atoms with E-state index in [1.165, 1.54) is 0 Å². The van der Waals surface area contributed by atoms with E-state index in [4.69, 9.17) is 19.8 Å².